The fourth-order valence-electron chi connectivity index (χ4n) is 2.05. The molecule has 1 aliphatic rings. The molecule has 0 aliphatic carbocycles. The van der Waals surface area contributed by atoms with E-state index < -0.39 is 0 Å². The number of rotatable bonds is 3. The number of nitrogens with zero attached hydrogens (tertiary/aromatic N) is 3. The van der Waals surface area contributed by atoms with Crippen LogP contribution in [-0.2, 0) is 11.2 Å². The van der Waals surface area contributed by atoms with Gasteiger partial charge in [-0.3, -0.25) is 4.98 Å². The van der Waals surface area contributed by atoms with Crippen molar-refractivity contribution < 1.29 is 9.26 Å². The number of hydrogen-bond donors (Lipinski definition) is 1. The van der Waals surface area contributed by atoms with E-state index in [0.29, 0.717) is 23.3 Å². The molecule has 0 spiro atoms. The molecule has 94 valence electrons. The maximum atomic E-state index is 5.82. The smallest absolute Gasteiger partial charge is 0.260 e. The van der Waals surface area contributed by atoms with E-state index >= 15 is 0 Å². The maximum Gasteiger partial charge on any atom is 0.260 e. The third kappa shape index (κ3) is 2.19. The molecule has 18 heavy (non-hydrogen) atoms. The van der Waals surface area contributed by atoms with E-state index in [0.717, 1.165) is 31.6 Å². The molecule has 2 aromatic rings. The molecular weight excluding hydrogens is 232 g/mol. The quantitative estimate of drug-likeness (QED) is 0.878. The molecule has 1 atom stereocenters. The van der Waals surface area contributed by atoms with Crippen LogP contribution in [-0.4, -0.2) is 28.3 Å². The average molecular weight is 246 g/mol. The Morgan fingerprint density at radius 2 is 2.39 bits per heavy atom. The van der Waals surface area contributed by atoms with Crippen molar-refractivity contribution in [1.82, 2.24) is 15.1 Å². The number of aromatic nitrogens is 3. The molecule has 0 aromatic carbocycles. The summed E-state index contributed by atoms with van der Waals surface area (Å²) < 4.78 is 10.6. The Labute approximate surface area is 104 Å². The number of ether oxygens (including phenoxy) is 1. The summed E-state index contributed by atoms with van der Waals surface area (Å²) in [5.74, 6) is 1.64. The van der Waals surface area contributed by atoms with Gasteiger partial charge in [0.25, 0.3) is 5.89 Å². The predicted octanol–water partition coefficient (Wildman–Crippen LogP) is 1.29. The molecular formula is C12H14N4O2. The second-order valence-corrected chi connectivity index (χ2v) is 4.41. The first kappa shape index (κ1) is 11.2. The van der Waals surface area contributed by atoms with Crippen molar-refractivity contribution in [1.29, 1.82) is 0 Å². The predicted molar refractivity (Wildman–Crippen MR) is 64.6 cm³/mol. The van der Waals surface area contributed by atoms with Crippen molar-refractivity contribution in [2.24, 2.45) is 5.92 Å². The van der Waals surface area contributed by atoms with Gasteiger partial charge in [-0.1, -0.05) is 5.16 Å². The molecule has 3 heterocycles. The first-order chi connectivity index (χ1) is 8.83. The van der Waals surface area contributed by atoms with Crippen LogP contribution < -0.4 is 5.73 Å². The lowest BCUT2D eigenvalue weighted by Gasteiger charge is -2.01. The van der Waals surface area contributed by atoms with E-state index in [4.69, 9.17) is 15.0 Å². The highest BCUT2D eigenvalue weighted by molar-refractivity contribution is 5.68. The van der Waals surface area contributed by atoms with Crippen LogP contribution in [0.5, 0.6) is 0 Å². The average Bonchev–Trinajstić information content (AvgIpc) is 3.02. The number of nitrogens with two attached hydrogens (primary N) is 1. The second-order valence-electron chi connectivity index (χ2n) is 4.41. The Kier molecular flexibility index (Phi) is 2.93. The summed E-state index contributed by atoms with van der Waals surface area (Å²) in [6.45, 7) is 1.61. The van der Waals surface area contributed by atoms with Gasteiger partial charge < -0.3 is 15.0 Å². The van der Waals surface area contributed by atoms with E-state index in [9.17, 15) is 0 Å². The normalized spacial score (nSPS) is 19.2. The van der Waals surface area contributed by atoms with E-state index in [-0.39, 0.29) is 0 Å². The van der Waals surface area contributed by atoms with Crippen LogP contribution in [0.4, 0.5) is 5.69 Å². The van der Waals surface area contributed by atoms with Gasteiger partial charge in [-0.15, -0.1) is 0 Å². The number of hydrogen-bond acceptors (Lipinski definition) is 6. The van der Waals surface area contributed by atoms with Crippen LogP contribution >= 0.6 is 0 Å². The van der Waals surface area contributed by atoms with Crippen LogP contribution in [0.2, 0.25) is 0 Å². The summed E-state index contributed by atoms with van der Waals surface area (Å²) in [7, 11) is 0. The largest absolute Gasteiger partial charge is 0.397 e. The summed E-state index contributed by atoms with van der Waals surface area (Å²) in [6, 6.07) is 1.77. The van der Waals surface area contributed by atoms with Crippen molar-refractivity contribution in [2.75, 3.05) is 18.9 Å². The minimum absolute atomic E-state index is 0.448. The molecule has 0 amide bonds. The van der Waals surface area contributed by atoms with Gasteiger partial charge in [0.2, 0.25) is 0 Å². The van der Waals surface area contributed by atoms with Crippen molar-refractivity contribution in [2.45, 2.75) is 12.8 Å². The monoisotopic (exact) mass is 246 g/mol. The Hall–Kier alpha value is -1.95. The molecule has 1 saturated heterocycles. The van der Waals surface area contributed by atoms with Crippen molar-refractivity contribution >= 4 is 5.69 Å². The third-order valence-corrected chi connectivity index (χ3v) is 3.05. The Morgan fingerprint density at radius 1 is 1.44 bits per heavy atom. The Morgan fingerprint density at radius 3 is 3.17 bits per heavy atom. The Bertz CT molecular complexity index is 534. The minimum Gasteiger partial charge on any atom is -0.397 e. The van der Waals surface area contributed by atoms with E-state index in [1.54, 1.807) is 18.5 Å². The fraction of sp³-hybridized carbons (Fsp3) is 0.417. The first-order valence-corrected chi connectivity index (χ1v) is 5.93. The topological polar surface area (TPSA) is 87.1 Å². The van der Waals surface area contributed by atoms with Gasteiger partial charge in [-0.25, -0.2) is 0 Å². The molecule has 1 fully saturated rings. The maximum absolute atomic E-state index is 5.82. The van der Waals surface area contributed by atoms with Crippen LogP contribution in [0.1, 0.15) is 12.2 Å². The highest BCUT2D eigenvalue weighted by atomic mass is 16.5. The standard InChI is InChI=1S/C12H14N4O2/c13-10-6-14-3-1-9(10)12-15-11(16-18-12)5-8-2-4-17-7-8/h1,3,6,8H,2,4-5,7,13H2. The summed E-state index contributed by atoms with van der Waals surface area (Å²) in [5, 5.41) is 3.98. The van der Waals surface area contributed by atoms with Crippen LogP contribution in [0, 0.1) is 5.92 Å². The first-order valence-electron chi connectivity index (χ1n) is 5.93. The van der Waals surface area contributed by atoms with Gasteiger partial charge in [0.05, 0.1) is 17.4 Å². The van der Waals surface area contributed by atoms with Gasteiger partial charge in [-0.05, 0) is 18.4 Å². The lowest BCUT2D eigenvalue weighted by atomic mass is 10.1. The fourth-order valence-corrected chi connectivity index (χ4v) is 2.05. The minimum atomic E-state index is 0.448. The van der Waals surface area contributed by atoms with E-state index in [1.165, 1.54) is 0 Å². The van der Waals surface area contributed by atoms with Gasteiger partial charge in [-0.2, -0.15) is 4.98 Å². The van der Waals surface area contributed by atoms with Gasteiger partial charge in [0.15, 0.2) is 5.82 Å². The highest BCUT2D eigenvalue weighted by Crippen LogP contribution is 2.24. The molecule has 6 heteroatoms. The van der Waals surface area contributed by atoms with Crippen LogP contribution in [0.3, 0.4) is 0 Å². The van der Waals surface area contributed by atoms with Gasteiger partial charge in [0, 0.05) is 25.8 Å². The van der Waals surface area contributed by atoms with Crippen molar-refractivity contribution in [3.05, 3.63) is 24.3 Å². The summed E-state index contributed by atoms with van der Waals surface area (Å²) in [6.07, 6.45) is 5.07. The molecule has 0 saturated carbocycles. The summed E-state index contributed by atoms with van der Waals surface area (Å²) in [4.78, 5) is 8.29. The number of anilines is 1. The van der Waals surface area contributed by atoms with Gasteiger partial charge in [0.1, 0.15) is 0 Å². The van der Waals surface area contributed by atoms with Crippen LogP contribution in [0.25, 0.3) is 11.5 Å². The molecule has 0 radical (unpaired) electrons. The zero-order chi connectivity index (χ0) is 12.4. The number of pyridine rings is 1. The van der Waals surface area contributed by atoms with Gasteiger partial charge >= 0.3 is 0 Å². The van der Waals surface area contributed by atoms with Crippen molar-refractivity contribution in [3.8, 4) is 11.5 Å². The van der Waals surface area contributed by atoms with Crippen molar-refractivity contribution in [3.63, 3.8) is 0 Å². The van der Waals surface area contributed by atoms with E-state index in [1.807, 2.05) is 0 Å². The molecule has 2 N–H and O–H groups in total. The highest BCUT2D eigenvalue weighted by Gasteiger charge is 2.19. The lowest BCUT2D eigenvalue weighted by molar-refractivity contribution is 0.185. The van der Waals surface area contributed by atoms with Crippen LogP contribution in [0.15, 0.2) is 23.0 Å². The molecule has 6 nitrogen and oxygen atoms in total. The zero-order valence-electron chi connectivity index (χ0n) is 9.87. The molecule has 1 aliphatic heterocycles. The lowest BCUT2D eigenvalue weighted by Crippen LogP contribution is -2.04. The number of nitrogen functional groups attached to an aromatic ring is 1. The zero-order valence-corrected chi connectivity index (χ0v) is 9.87. The molecule has 3 rings (SSSR count). The van der Waals surface area contributed by atoms with E-state index in [2.05, 4.69) is 15.1 Å². The Balaban J connectivity index is 1.79. The third-order valence-electron chi connectivity index (χ3n) is 3.05. The molecule has 1 unspecified atom stereocenters. The molecule has 0 bridgehead atoms. The SMILES string of the molecule is Nc1cnccc1-c1nc(CC2CCOC2)no1. The summed E-state index contributed by atoms with van der Waals surface area (Å²) >= 11 is 0. The molecule has 2 aromatic heterocycles. The summed E-state index contributed by atoms with van der Waals surface area (Å²) in [5.41, 5.74) is 7.08. The second kappa shape index (κ2) is 4.73.